The normalized spacial score (nSPS) is 30.7. The molecule has 1 saturated heterocycles. The van der Waals surface area contributed by atoms with Crippen LogP contribution in [0.3, 0.4) is 0 Å². The minimum atomic E-state index is 0.354. The molecule has 1 fully saturated rings. The fraction of sp³-hybridized carbons (Fsp3) is 0.583. The maximum Gasteiger partial charge on any atom is 0.164 e. The summed E-state index contributed by atoms with van der Waals surface area (Å²) in [6.45, 7) is 1.15. The topological polar surface area (TPSA) is 20.3 Å². The Hall–Kier alpha value is -1.05. The molecule has 0 aromatic carbocycles. The lowest BCUT2D eigenvalue weighted by atomic mass is 9.90. The SMILES string of the molecule is O=C1CCCC2=C1C=C[C@H]1CCCN21. The zero-order valence-electron chi connectivity index (χ0n) is 8.33. The van der Waals surface area contributed by atoms with Gasteiger partial charge in [-0.25, -0.2) is 0 Å². The van der Waals surface area contributed by atoms with E-state index in [1.165, 1.54) is 18.5 Å². The molecule has 2 heterocycles. The van der Waals surface area contributed by atoms with Crippen LogP contribution in [0.5, 0.6) is 0 Å². The lowest BCUT2D eigenvalue weighted by Crippen LogP contribution is -2.33. The summed E-state index contributed by atoms with van der Waals surface area (Å²) < 4.78 is 0. The van der Waals surface area contributed by atoms with Crippen molar-refractivity contribution in [3.63, 3.8) is 0 Å². The van der Waals surface area contributed by atoms with Gasteiger partial charge in [0.2, 0.25) is 0 Å². The molecule has 3 rings (SSSR count). The van der Waals surface area contributed by atoms with Crippen molar-refractivity contribution in [2.45, 2.75) is 38.1 Å². The molecule has 74 valence electrons. The quantitative estimate of drug-likeness (QED) is 0.581. The number of nitrogens with zero attached hydrogens (tertiary/aromatic N) is 1. The molecule has 0 radical (unpaired) electrons. The Kier molecular flexibility index (Phi) is 1.76. The predicted molar refractivity (Wildman–Crippen MR) is 54.8 cm³/mol. The van der Waals surface area contributed by atoms with Crippen LogP contribution >= 0.6 is 0 Å². The van der Waals surface area contributed by atoms with E-state index in [0.717, 1.165) is 31.4 Å². The van der Waals surface area contributed by atoms with E-state index >= 15 is 0 Å². The number of fused-ring (bicyclic) bond motifs is 2. The Morgan fingerprint density at radius 3 is 3.14 bits per heavy atom. The first kappa shape index (κ1) is 8.27. The number of hydrogen-bond acceptors (Lipinski definition) is 2. The number of carbonyl (C=O) groups excluding carboxylic acids is 1. The largest absolute Gasteiger partial charge is 0.368 e. The highest BCUT2D eigenvalue weighted by molar-refractivity contribution is 5.99. The monoisotopic (exact) mass is 189 g/mol. The maximum atomic E-state index is 11.7. The first-order valence-corrected chi connectivity index (χ1v) is 5.57. The van der Waals surface area contributed by atoms with E-state index in [1.54, 1.807) is 0 Å². The van der Waals surface area contributed by atoms with Gasteiger partial charge >= 0.3 is 0 Å². The molecule has 3 aliphatic rings. The van der Waals surface area contributed by atoms with Crippen molar-refractivity contribution in [2.24, 2.45) is 0 Å². The second-order valence-corrected chi connectivity index (χ2v) is 4.40. The van der Waals surface area contributed by atoms with E-state index in [1.807, 2.05) is 0 Å². The second-order valence-electron chi connectivity index (χ2n) is 4.40. The lowest BCUT2D eigenvalue weighted by molar-refractivity contribution is -0.116. The van der Waals surface area contributed by atoms with Crippen molar-refractivity contribution in [3.05, 3.63) is 23.4 Å². The fourth-order valence-corrected chi connectivity index (χ4v) is 2.87. The van der Waals surface area contributed by atoms with Crippen LogP contribution in [0.1, 0.15) is 32.1 Å². The van der Waals surface area contributed by atoms with Gasteiger partial charge in [-0.2, -0.15) is 0 Å². The Morgan fingerprint density at radius 1 is 1.29 bits per heavy atom. The van der Waals surface area contributed by atoms with E-state index in [4.69, 9.17) is 0 Å². The van der Waals surface area contributed by atoms with Crippen LogP contribution in [0, 0.1) is 0 Å². The summed E-state index contributed by atoms with van der Waals surface area (Å²) in [4.78, 5) is 14.1. The van der Waals surface area contributed by atoms with Gasteiger partial charge in [-0.05, 0) is 25.7 Å². The molecule has 2 nitrogen and oxygen atoms in total. The number of ketones is 1. The van der Waals surface area contributed by atoms with Gasteiger partial charge in [0.15, 0.2) is 5.78 Å². The molecular formula is C12H15NO. The van der Waals surface area contributed by atoms with Gasteiger partial charge < -0.3 is 4.90 Å². The molecular weight excluding hydrogens is 174 g/mol. The van der Waals surface area contributed by atoms with Crippen molar-refractivity contribution >= 4 is 5.78 Å². The van der Waals surface area contributed by atoms with Crippen molar-refractivity contribution in [1.29, 1.82) is 0 Å². The lowest BCUT2D eigenvalue weighted by Gasteiger charge is -2.34. The van der Waals surface area contributed by atoms with Gasteiger partial charge in [-0.1, -0.05) is 12.2 Å². The highest BCUT2D eigenvalue weighted by atomic mass is 16.1. The highest BCUT2D eigenvalue weighted by Crippen LogP contribution is 2.35. The van der Waals surface area contributed by atoms with E-state index in [0.29, 0.717) is 11.8 Å². The van der Waals surface area contributed by atoms with Crippen LogP contribution in [0.2, 0.25) is 0 Å². The summed E-state index contributed by atoms with van der Waals surface area (Å²) >= 11 is 0. The third kappa shape index (κ3) is 1.06. The summed E-state index contributed by atoms with van der Waals surface area (Å²) in [7, 11) is 0. The van der Waals surface area contributed by atoms with Crippen LogP contribution < -0.4 is 0 Å². The number of hydrogen-bond donors (Lipinski definition) is 0. The molecule has 0 N–H and O–H groups in total. The van der Waals surface area contributed by atoms with Crippen molar-refractivity contribution in [1.82, 2.24) is 4.90 Å². The third-order valence-electron chi connectivity index (χ3n) is 3.56. The molecule has 0 spiro atoms. The highest BCUT2D eigenvalue weighted by Gasteiger charge is 2.32. The van der Waals surface area contributed by atoms with Gasteiger partial charge in [-0.15, -0.1) is 0 Å². The minimum absolute atomic E-state index is 0.354. The summed E-state index contributed by atoms with van der Waals surface area (Å²) in [5.41, 5.74) is 2.35. The molecule has 1 atom stereocenters. The van der Waals surface area contributed by atoms with Crippen molar-refractivity contribution in [3.8, 4) is 0 Å². The van der Waals surface area contributed by atoms with Crippen molar-refractivity contribution in [2.75, 3.05) is 6.54 Å². The molecule has 0 unspecified atom stereocenters. The second kappa shape index (κ2) is 2.97. The van der Waals surface area contributed by atoms with Crippen molar-refractivity contribution < 1.29 is 4.79 Å². The Labute approximate surface area is 84.3 Å². The maximum absolute atomic E-state index is 11.7. The standard InChI is InChI=1S/C12H15NO/c14-12-5-1-4-11-10(12)7-6-9-3-2-8-13(9)11/h6-7,9H,1-5,8H2/t9-/m1/s1. The number of rotatable bonds is 0. The van der Waals surface area contributed by atoms with Crippen LogP contribution in [-0.4, -0.2) is 23.3 Å². The molecule has 14 heavy (non-hydrogen) atoms. The smallest absolute Gasteiger partial charge is 0.164 e. The van der Waals surface area contributed by atoms with Gasteiger partial charge in [0.05, 0.1) is 0 Å². The van der Waals surface area contributed by atoms with Crippen LogP contribution in [0.15, 0.2) is 23.4 Å². The first-order chi connectivity index (χ1) is 6.86. The number of Topliss-reactive ketones (excluding diaryl/α,β-unsaturated/α-hetero) is 1. The average Bonchev–Trinajstić information content (AvgIpc) is 2.66. The summed E-state index contributed by atoms with van der Waals surface area (Å²) in [6.07, 6.45) is 9.75. The Balaban J connectivity index is 2.02. The van der Waals surface area contributed by atoms with Crippen LogP contribution in [0.25, 0.3) is 0 Å². The molecule has 0 aromatic heterocycles. The molecule has 1 aliphatic carbocycles. The fourth-order valence-electron chi connectivity index (χ4n) is 2.87. The van der Waals surface area contributed by atoms with Crippen LogP contribution in [0.4, 0.5) is 0 Å². The van der Waals surface area contributed by atoms with E-state index in [-0.39, 0.29) is 0 Å². The number of allylic oxidation sites excluding steroid dienone is 3. The van der Waals surface area contributed by atoms with Crippen LogP contribution in [-0.2, 0) is 4.79 Å². The first-order valence-electron chi connectivity index (χ1n) is 5.57. The van der Waals surface area contributed by atoms with Gasteiger partial charge in [-0.3, -0.25) is 4.79 Å². The van der Waals surface area contributed by atoms with E-state index in [9.17, 15) is 4.79 Å². The predicted octanol–water partition coefficient (Wildman–Crippen LogP) is 2.03. The van der Waals surface area contributed by atoms with Gasteiger partial charge in [0.25, 0.3) is 0 Å². The third-order valence-corrected chi connectivity index (χ3v) is 3.56. The van der Waals surface area contributed by atoms with Gasteiger partial charge in [0, 0.05) is 30.3 Å². The molecule has 0 saturated carbocycles. The summed E-state index contributed by atoms with van der Waals surface area (Å²) in [5, 5.41) is 0. The minimum Gasteiger partial charge on any atom is -0.368 e. The van der Waals surface area contributed by atoms with E-state index in [2.05, 4.69) is 17.1 Å². The summed E-state index contributed by atoms with van der Waals surface area (Å²) in [5.74, 6) is 0.354. The zero-order chi connectivity index (χ0) is 9.54. The molecule has 2 heteroatoms. The zero-order valence-corrected chi connectivity index (χ0v) is 8.33. The van der Waals surface area contributed by atoms with E-state index < -0.39 is 0 Å². The Bertz CT molecular complexity index is 340. The average molecular weight is 189 g/mol. The molecule has 2 aliphatic heterocycles. The Morgan fingerprint density at radius 2 is 2.21 bits per heavy atom. The molecule has 0 amide bonds. The number of carbonyl (C=O) groups is 1. The molecule has 0 aromatic rings. The molecule has 0 bridgehead atoms. The van der Waals surface area contributed by atoms with Gasteiger partial charge in [0.1, 0.15) is 0 Å². The summed E-state index contributed by atoms with van der Waals surface area (Å²) in [6, 6.07) is 0.597.